The van der Waals surface area contributed by atoms with Crippen LogP contribution in [0.4, 0.5) is 0 Å². The van der Waals surface area contributed by atoms with Gasteiger partial charge in [0.1, 0.15) is 0 Å². The van der Waals surface area contributed by atoms with E-state index in [0.29, 0.717) is 17.9 Å². The predicted octanol–water partition coefficient (Wildman–Crippen LogP) is 2.53. The fourth-order valence-corrected chi connectivity index (χ4v) is 2.53. The summed E-state index contributed by atoms with van der Waals surface area (Å²) in [6, 6.07) is 0.401. The molecule has 20 heavy (non-hydrogen) atoms. The van der Waals surface area contributed by atoms with E-state index >= 15 is 0 Å². The zero-order chi connectivity index (χ0) is 14.4. The lowest BCUT2D eigenvalue weighted by molar-refractivity contribution is 0.0830. The fourth-order valence-electron chi connectivity index (χ4n) is 2.53. The molecule has 114 valence electrons. The van der Waals surface area contributed by atoms with Crippen LogP contribution < -0.4 is 5.32 Å². The predicted molar refractivity (Wildman–Crippen MR) is 77.7 cm³/mol. The molecule has 1 aromatic rings. The molecule has 0 radical (unpaired) electrons. The Morgan fingerprint density at radius 2 is 2.05 bits per heavy atom. The second-order valence-electron chi connectivity index (χ2n) is 5.94. The summed E-state index contributed by atoms with van der Waals surface area (Å²) >= 11 is 0. The number of aromatic nitrogens is 2. The van der Waals surface area contributed by atoms with Crippen molar-refractivity contribution in [3.05, 3.63) is 11.7 Å². The molecule has 1 aliphatic rings. The molecule has 1 fully saturated rings. The first-order chi connectivity index (χ1) is 9.70. The summed E-state index contributed by atoms with van der Waals surface area (Å²) in [6.07, 6.45) is 3.95. The van der Waals surface area contributed by atoms with Gasteiger partial charge in [0.05, 0.1) is 0 Å². The van der Waals surface area contributed by atoms with E-state index in [1.54, 1.807) is 0 Å². The van der Waals surface area contributed by atoms with E-state index in [1.165, 1.54) is 0 Å². The van der Waals surface area contributed by atoms with Gasteiger partial charge in [0.2, 0.25) is 5.89 Å². The molecule has 1 saturated heterocycles. The van der Waals surface area contributed by atoms with Gasteiger partial charge in [0.15, 0.2) is 5.82 Å². The first-order valence-electron chi connectivity index (χ1n) is 7.84. The van der Waals surface area contributed by atoms with Gasteiger partial charge in [-0.25, -0.2) is 0 Å². The van der Waals surface area contributed by atoms with Crippen LogP contribution in [0, 0.1) is 5.92 Å². The zero-order valence-corrected chi connectivity index (χ0v) is 12.9. The van der Waals surface area contributed by atoms with Gasteiger partial charge in [0, 0.05) is 31.6 Å². The molecule has 1 atom stereocenters. The number of hydrogen-bond donors (Lipinski definition) is 1. The van der Waals surface area contributed by atoms with Crippen molar-refractivity contribution in [2.24, 2.45) is 5.92 Å². The fraction of sp³-hybridized carbons (Fsp3) is 0.867. The number of nitrogens with zero attached hydrogens (tertiary/aromatic N) is 2. The Labute approximate surface area is 121 Å². The minimum Gasteiger partial charge on any atom is -0.381 e. The molecule has 2 rings (SSSR count). The van der Waals surface area contributed by atoms with Gasteiger partial charge in [-0.15, -0.1) is 0 Å². The minimum atomic E-state index is 0.401. The molecule has 0 amide bonds. The highest BCUT2D eigenvalue weighted by Gasteiger charge is 2.23. The second-order valence-corrected chi connectivity index (χ2v) is 5.94. The third kappa shape index (κ3) is 4.28. The van der Waals surface area contributed by atoms with E-state index in [0.717, 1.165) is 57.2 Å². The number of rotatable bonds is 7. The highest BCUT2D eigenvalue weighted by Crippen LogP contribution is 2.24. The van der Waals surface area contributed by atoms with Crippen LogP contribution in [-0.2, 0) is 11.2 Å². The van der Waals surface area contributed by atoms with Crippen molar-refractivity contribution < 1.29 is 9.26 Å². The molecule has 0 aliphatic carbocycles. The Hall–Kier alpha value is -0.940. The lowest BCUT2D eigenvalue weighted by Crippen LogP contribution is -2.36. The van der Waals surface area contributed by atoms with Crippen molar-refractivity contribution in [1.29, 1.82) is 0 Å². The van der Waals surface area contributed by atoms with E-state index in [2.05, 4.69) is 36.2 Å². The Balaban J connectivity index is 1.93. The number of ether oxygens (including phenoxy) is 1. The van der Waals surface area contributed by atoms with E-state index in [-0.39, 0.29) is 0 Å². The molecule has 1 N–H and O–H groups in total. The molecule has 5 nitrogen and oxygen atoms in total. The quantitative estimate of drug-likeness (QED) is 0.832. The van der Waals surface area contributed by atoms with Gasteiger partial charge in [-0.3, -0.25) is 0 Å². The van der Waals surface area contributed by atoms with E-state index in [4.69, 9.17) is 9.26 Å². The third-order valence-electron chi connectivity index (χ3n) is 3.93. The van der Waals surface area contributed by atoms with Crippen LogP contribution in [0.5, 0.6) is 0 Å². The molecule has 0 aromatic carbocycles. The summed E-state index contributed by atoms with van der Waals surface area (Å²) in [7, 11) is 0. The summed E-state index contributed by atoms with van der Waals surface area (Å²) in [5.41, 5.74) is 0. The van der Waals surface area contributed by atoms with Gasteiger partial charge >= 0.3 is 0 Å². The first kappa shape index (κ1) is 15.4. The van der Waals surface area contributed by atoms with Gasteiger partial charge in [-0.05, 0) is 31.7 Å². The average molecular weight is 281 g/mol. The summed E-state index contributed by atoms with van der Waals surface area (Å²) in [5, 5.41) is 7.72. The standard InChI is InChI=1S/C15H27N3O2/c1-4-7-16-13(11(2)3)10-14-17-15(18-20-14)12-5-8-19-9-6-12/h11-13,16H,4-10H2,1-3H3. The highest BCUT2D eigenvalue weighted by molar-refractivity contribution is 4.98. The van der Waals surface area contributed by atoms with Crippen molar-refractivity contribution in [3.63, 3.8) is 0 Å². The molecule has 1 unspecified atom stereocenters. The number of nitrogens with one attached hydrogen (secondary N) is 1. The van der Waals surface area contributed by atoms with Crippen LogP contribution in [0.2, 0.25) is 0 Å². The molecular weight excluding hydrogens is 254 g/mol. The van der Waals surface area contributed by atoms with Gasteiger partial charge in [-0.1, -0.05) is 25.9 Å². The topological polar surface area (TPSA) is 60.2 Å². The third-order valence-corrected chi connectivity index (χ3v) is 3.93. The molecule has 0 spiro atoms. The Morgan fingerprint density at radius 1 is 1.30 bits per heavy atom. The zero-order valence-electron chi connectivity index (χ0n) is 12.9. The van der Waals surface area contributed by atoms with Crippen LogP contribution in [0.15, 0.2) is 4.52 Å². The molecule has 5 heteroatoms. The van der Waals surface area contributed by atoms with E-state index in [9.17, 15) is 0 Å². The maximum atomic E-state index is 5.44. The molecular formula is C15H27N3O2. The van der Waals surface area contributed by atoms with Gasteiger partial charge < -0.3 is 14.6 Å². The highest BCUT2D eigenvalue weighted by atomic mass is 16.5. The molecule has 0 saturated carbocycles. The van der Waals surface area contributed by atoms with Crippen LogP contribution >= 0.6 is 0 Å². The SMILES string of the molecule is CCCNC(Cc1nc(C2CCOCC2)no1)C(C)C. The summed E-state index contributed by atoms with van der Waals surface area (Å²) in [4.78, 5) is 4.59. The summed E-state index contributed by atoms with van der Waals surface area (Å²) in [6.45, 7) is 9.28. The number of hydrogen-bond acceptors (Lipinski definition) is 5. The van der Waals surface area contributed by atoms with E-state index in [1.807, 2.05) is 0 Å². The smallest absolute Gasteiger partial charge is 0.228 e. The van der Waals surface area contributed by atoms with Crippen LogP contribution in [0.3, 0.4) is 0 Å². The largest absolute Gasteiger partial charge is 0.381 e. The van der Waals surface area contributed by atoms with Crippen molar-refractivity contribution in [3.8, 4) is 0 Å². The van der Waals surface area contributed by atoms with Crippen molar-refractivity contribution in [2.75, 3.05) is 19.8 Å². The van der Waals surface area contributed by atoms with Crippen molar-refractivity contribution in [1.82, 2.24) is 15.5 Å². The van der Waals surface area contributed by atoms with E-state index < -0.39 is 0 Å². The average Bonchev–Trinajstić information content (AvgIpc) is 2.92. The Kier molecular flexibility index (Phi) is 5.98. The Bertz CT molecular complexity index is 386. The lowest BCUT2D eigenvalue weighted by atomic mass is 9.99. The summed E-state index contributed by atoms with van der Waals surface area (Å²) < 4.78 is 10.8. The van der Waals surface area contributed by atoms with Crippen LogP contribution in [0.1, 0.15) is 57.7 Å². The normalized spacial score (nSPS) is 18.6. The van der Waals surface area contributed by atoms with Crippen LogP contribution in [0.25, 0.3) is 0 Å². The lowest BCUT2D eigenvalue weighted by Gasteiger charge is -2.20. The van der Waals surface area contributed by atoms with Gasteiger partial charge in [-0.2, -0.15) is 4.98 Å². The van der Waals surface area contributed by atoms with Crippen molar-refractivity contribution >= 4 is 0 Å². The monoisotopic (exact) mass is 281 g/mol. The Morgan fingerprint density at radius 3 is 2.70 bits per heavy atom. The van der Waals surface area contributed by atoms with Gasteiger partial charge in [0.25, 0.3) is 0 Å². The maximum Gasteiger partial charge on any atom is 0.228 e. The molecule has 1 aliphatic heterocycles. The molecule has 0 bridgehead atoms. The molecule has 2 heterocycles. The van der Waals surface area contributed by atoms with Crippen LogP contribution in [-0.4, -0.2) is 35.9 Å². The minimum absolute atomic E-state index is 0.401. The maximum absolute atomic E-state index is 5.44. The summed E-state index contributed by atoms with van der Waals surface area (Å²) in [5.74, 6) is 2.58. The second kappa shape index (κ2) is 7.74. The van der Waals surface area contributed by atoms with Crippen molar-refractivity contribution in [2.45, 2.75) is 58.4 Å². The molecule has 1 aromatic heterocycles. The first-order valence-corrected chi connectivity index (χ1v) is 7.84.